The molecule has 2 rings (SSSR count). The second-order valence-electron chi connectivity index (χ2n) is 5.88. The molecule has 1 N–H and O–H groups in total. The van der Waals surface area contributed by atoms with E-state index in [1.165, 1.54) is 0 Å². The quantitative estimate of drug-likeness (QED) is 0.445. The first kappa shape index (κ1) is 23.2. The standard InChI is InChI=1S/C20H30O6P2/c1-5-23-27(21,24-6-2)20(28(22,25-7-3)26-8-4)16-18-14-11-13-17-12-9-10-15-19(17)18/h9-16,21,27H,5-8H2,1-4H3/b20-16+. The van der Waals surface area contributed by atoms with Gasteiger partial charge in [0.2, 0.25) is 0 Å². The zero-order valence-corrected chi connectivity index (χ0v) is 18.8. The third-order valence-corrected chi connectivity index (χ3v) is 9.75. The Kier molecular flexibility index (Phi) is 8.79. The van der Waals surface area contributed by atoms with Crippen LogP contribution in [0.1, 0.15) is 33.3 Å². The fourth-order valence-electron chi connectivity index (χ4n) is 2.96. The average molecular weight is 428 g/mol. The molecule has 2 aromatic rings. The van der Waals surface area contributed by atoms with Crippen molar-refractivity contribution in [3.8, 4) is 0 Å². The summed E-state index contributed by atoms with van der Waals surface area (Å²) in [4.78, 5) is 11.3. The van der Waals surface area contributed by atoms with Crippen LogP contribution in [0.5, 0.6) is 0 Å². The Hall–Kier alpha value is -1.10. The second kappa shape index (κ2) is 10.6. The molecule has 0 atom stereocenters. The number of fused-ring (bicyclic) bond motifs is 1. The zero-order chi connectivity index (χ0) is 20.6. The Morgan fingerprint density at radius 3 is 2.07 bits per heavy atom. The van der Waals surface area contributed by atoms with Crippen LogP contribution in [0.4, 0.5) is 0 Å². The molecule has 0 aromatic heterocycles. The monoisotopic (exact) mass is 428 g/mol. The molecule has 0 bridgehead atoms. The van der Waals surface area contributed by atoms with Gasteiger partial charge >= 0.3 is 167 Å². The first-order valence-corrected chi connectivity index (χ1v) is 12.8. The number of rotatable bonds is 11. The molecule has 156 valence electrons. The molecule has 0 radical (unpaired) electrons. The van der Waals surface area contributed by atoms with Crippen LogP contribution in [0.25, 0.3) is 16.8 Å². The van der Waals surface area contributed by atoms with Crippen LogP contribution in [-0.4, -0.2) is 31.3 Å². The summed E-state index contributed by atoms with van der Waals surface area (Å²) in [6, 6.07) is 13.6. The van der Waals surface area contributed by atoms with Crippen molar-refractivity contribution in [3.05, 3.63) is 53.1 Å². The van der Waals surface area contributed by atoms with Crippen LogP contribution in [-0.2, 0) is 22.7 Å². The normalized spacial score (nSPS) is 13.8. The summed E-state index contributed by atoms with van der Waals surface area (Å²) in [5.74, 6) is 0. The predicted molar refractivity (Wildman–Crippen MR) is 117 cm³/mol. The molecule has 0 aliphatic heterocycles. The van der Waals surface area contributed by atoms with Gasteiger partial charge in [-0.25, -0.2) is 0 Å². The Morgan fingerprint density at radius 2 is 1.50 bits per heavy atom. The van der Waals surface area contributed by atoms with Gasteiger partial charge in [0, 0.05) is 0 Å². The number of hydrogen-bond acceptors (Lipinski definition) is 6. The van der Waals surface area contributed by atoms with Crippen LogP contribution < -0.4 is 0 Å². The first-order chi connectivity index (χ1) is 13.4. The van der Waals surface area contributed by atoms with Crippen LogP contribution in [0.2, 0.25) is 0 Å². The van der Waals surface area contributed by atoms with Crippen molar-refractivity contribution >= 4 is 32.4 Å². The molecule has 0 heterocycles. The van der Waals surface area contributed by atoms with E-state index in [0.717, 1.165) is 16.3 Å². The van der Waals surface area contributed by atoms with Crippen LogP contribution in [0.15, 0.2) is 47.5 Å². The topological polar surface area (TPSA) is 74.2 Å². The van der Waals surface area contributed by atoms with Crippen molar-refractivity contribution in [2.45, 2.75) is 27.7 Å². The van der Waals surface area contributed by atoms with Crippen LogP contribution in [0.3, 0.4) is 0 Å². The minimum absolute atomic E-state index is 0.0590. The van der Waals surface area contributed by atoms with E-state index >= 15 is 0 Å². The summed E-state index contributed by atoms with van der Waals surface area (Å²) >= 11 is 0. The first-order valence-electron chi connectivity index (χ1n) is 9.54. The molecule has 0 saturated heterocycles. The Labute approximate surface area is 167 Å². The molecule has 2 aromatic carbocycles. The van der Waals surface area contributed by atoms with Gasteiger partial charge in [0.25, 0.3) is 0 Å². The van der Waals surface area contributed by atoms with Gasteiger partial charge in [-0.3, -0.25) is 0 Å². The van der Waals surface area contributed by atoms with Gasteiger partial charge in [-0.15, -0.1) is 0 Å². The second-order valence-corrected chi connectivity index (χ2v) is 10.6. The molecule has 0 aliphatic rings. The summed E-state index contributed by atoms with van der Waals surface area (Å²) in [5, 5.41) is 2.03. The Balaban J connectivity index is 2.75. The molecule has 0 spiro atoms. The molecule has 6 nitrogen and oxygen atoms in total. The summed E-state index contributed by atoms with van der Waals surface area (Å²) < 4.78 is 36.0. The fourth-order valence-corrected chi connectivity index (χ4v) is 7.95. The van der Waals surface area contributed by atoms with E-state index in [1.807, 2.05) is 42.5 Å². The van der Waals surface area contributed by atoms with Crippen molar-refractivity contribution in [1.29, 1.82) is 0 Å². The summed E-state index contributed by atoms with van der Waals surface area (Å²) in [5.41, 5.74) is 0.776. The van der Waals surface area contributed by atoms with E-state index in [1.54, 1.807) is 33.8 Å². The van der Waals surface area contributed by atoms with Crippen molar-refractivity contribution < 1.29 is 27.6 Å². The third kappa shape index (κ3) is 5.28. The Bertz CT molecular complexity index is 830. The molecule has 8 heteroatoms. The molecule has 0 fully saturated rings. The average Bonchev–Trinajstić information content (AvgIpc) is 2.66. The minimum atomic E-state index is -4.01. The molecule has 0 saturated carbocycles. The van der Waals surface area contributed by atoms with Crippen molar-refractivity contribution in [2.75, 3.05) is 26.4 Å². The third-order valence-electron chi connectivity index (χ3n) is 4.01. The van der Waals surface area contributed by atoms with Crippen LogP contribution >= 0.6 is 15.5 Å². The van der Waals surface area contributed by atoms with Gasteiger partial charge in [-0.2, -0.15) is 0 Å². The van der Waals surface area contributed by atoms with Gasteiger partial charge in [0.1, 0.15) is 0 Å². The Morgan fingerprint density at radius 1 is 0.929 bits per heavy atom. The summed E-state index contributed by atoms with van der Waals surface area (Å²) in [6.45, 7) is 7.67. The SMILES string of the molecule is CCOP(=O)(OCC)/C(=C/c1cccc2ccccc12)[PH](O)(OCC)OCC. The summed E-state index contributed by atoms with van der Waals surface area (Å²) in [7, 11) is -7.84. The van der Waals surface area contributed by atoms with Gasteiger partial charge in [-0.1, -0.05) is 0 Å². The van der Waals surface area contributed by atoms with E-state index in [4.69, 9.17) is 18.1 Å². The molecule has 0 amide bonds. The number of hydrogen-bond donors (Lipinski definition) is 1. The molecule has 0 unspecified atom stereocenters. The van der Waals surface area contributed by atoms with Gasteiger partial charge in [-0.05, 0) is 0 Å². The van der Waals surface area contributed by atoms with Gasteiger partial charge in [0.05, 0.1) is 0 Å². The molecule has 28 heavy (non-hydrogen) atoms. The van der Waals surface area contributed by atoms with E-state index in [-0.39, 0.29) is 31.5 Å². The van der Waals surface area contributed by atoms with Crippen LogP contribution in [0, 0.1) is 0 Å². The maximum atomic E-state index is 13.7. The van der Waals surface area contributed by atoms with Crippen molar-refractivity contribution in [2.24, 2.45) is 0 Å². The molecular weight excluding hydrogens is 398 g/mol. The van der Waals surface area contributed by atoms with Crippen molar-refractivity contribution in [3.63, 3.8) is 0 Å². The fraction of sp³-hybridized carbons (Fsp3) is 0.400. The molecule has 0 aliphatic carbocycles. The maximum absolute atomic E-state index is 13.7. The van der Waals surface area contributed by atoms with Gasteiger partial charge < -0.3 is 0 Å². The zero-order valence-electron chi connectivity index (χ0n) is 16.9. The molecular formula is C20H30O6P2. The van der Waals surface area contributed by atoms with E-state index in [2.05, 4.69) is 0 Å². The van der Waals surface area contributed by atoms with Crippen molar-refractivity contribution in [1.82, 2.24) is 0 Å². The van der Waals surface area contributed by atoms with E-state index in [9.17, 15) is 9.46 Å². The van der Waals surface area contributed by atoms with E-state index < -0.39 is 15.5 Å². The van der Waals surface area contributed by atoms with E-state index in [0.29, 0.717) is 0 Å². The predicted octanol–water partition coefficient (Wildman–Crippen LogP) is 5.96. The summed E-state index contributed by atoms with van der Waals surface area (Å²) in [6.07, 6.45) is 1.64. The number of benzene rings is 2. The van der Waals surface area contributed by atoms with Gasteiger partial charge in [0.15, 0.2) is 0 Å².